The SMILES string of the molecule is CC(C)(C)OC(=O)N1CCC(CO)(n2ccnc2)CC1. The van der Waals surface area contributed by atoms with Crippen molar-refractivity contribution < 1.29 is 14.6 Å². The van der Waals surface area contributed by atoms with Gasteiger partial charge in [-0.25, -0.2) is 9.78 Å². The zero-order chi connectivity index (χ0) is 14.8. The van der Waals surface area contributed by atoms with Crippen molar-refractivity contribution in [2.24, 2.45) is 0 Å². The van der Waals surface area contributed by atoms with Crippen LogP contribution in [0, 0.1) is 0 Å². The topological polar surface area (TPSA) is 67.6 Å². The predicted octanol–water partition coefficient (Wildman–Crippen LogP) is 1.60. The van der Waals surface area contributed by atoms with E-state index in [2.05, 4.69) is 4.98 Å². The predicted molar refractivity (Wildman–Crippen MR) is 74.3 cm³/mol. The highest BCUT2D eigenvalue weighted by Gasteiger charge is 2.37. The first kappa shape index (κ1) is 14.8. The van der Waals surface area contributed by atoms with Crippen LogP contribution in [0.1, 0.15) is 33.6 Å². The third-order valence-corrected chi connectivity index (χ3v) is 3.69. The Bertz CT molecular complexity index is 443. The summed E-state index contributed by atoms with van der Waals surface area (Å²) in [6.45, 7) is 6.78. The Hall–Kier alpha value is -1.56. The van der Waals surface area contributed by atoms with Crippen LogP contribution in [0.15, 0.2) is 18.7 Å². The maximum Gasteiger partial charge on any atom is 0.410 e. The summed E-state index contributed by atoms with van der Waals surface area (Å²) in [6, 6.07) is 0. The number of aromatic nitrogens is 2. The molecule has 2 rings (SSSR count). The van der Waals surface area contributed by atoms with Crippen LogP contribution in [-0.2, 0) is 10.3 Å². The molecule has 20 heavy (non-hydrogen) atoms. The monoisotopic (exact) mass is 281 g/mol. The molecule has 0 bridgehead atoms. The van der Waals surface area contributed by atoms with Gasteiger partial charge in [0.15, 0.2) is 0 Å². The average Bonchev–Trinajstić information content (AvgIpc) is 2.91. The molecule has 6 nitrogen and oxygen atoms in total. The number of aliphatic hydroxyl groups is 1. The van der Waals surface area contributed by atoms with Gasteiger partial charge >= 0.3 is 6.09 Å². The molecule has 112 valence electrons. The van der Waals surface area contributed by atoms with E-state index >= 15 is 0 Å². The molecule has 1 aliphatic rings. The van der Waals surface area contributed by atoms with Crippen LogP contribution in [0.5, 0.6) is 0 Å². The molecule has 0 saturated carbocycles. The van der Waals surface area contributed by atoms with Crippen molar-refractivity contribution in [3.05, 3.63) is 18.7 Å². The number of amides is 1. The van der Waals surface area contributed by atoms with Gasteiger partial charge in [0, 0.05) is 25.5 Å². The molecule has 0 aromatic carbocycles. The van der Waals surface area contributed by atoms with E-state index in [4.69, 9.17) is 4.74 Å². The average molecular weight is 281 g/mol. The molecule has 6 heteroatoms. The molecule has 1 aliphatic heterocycles. The number of hydrogen-bond donors (Lipinski definition) is 1. The van der Waals surface area contributed by atoms with E-state index in [9.17, 15) is 9.90 Å². The number of imidazole rings is 1. The molecule has 1 fully saturated rings. The van der Waals surface area contributed by atoms with Crippen molar-refractivity contribution in [2.45, 2.75) is 44.8 Å². The molecule has 1 aromatic heterocycles. The summed E-state index contributed by atoms with van der Waals surface area (Å²) in [6.07, 6.45) is 6.39. The van der Waals surface area contributed by atoms with Gasteiger partial charge in [0.05, 0.1) is 18.5 Å². The maximum absolute atomic E-state index is 12.0. The second kappa shape index (κ2) is 5.44. The summed E-state index contributed by atoms with van der Waals surface area (Å²) in [4.78, 5) is 17.8. The number of hydrogen-bond acceptors (Lipinski definition) is 4. The Morgan fingerprint density at radius 3 is 2.50 bits per heavy atom. The summed E-state index contributed by atoms with van der Waals surface area (Å²) < 4.78 is 7.32. The Labute approximate surface area is 119 Å². The highest BCUT2D eigenvalue weighted by atomic mass is 16.6. The second-order valence-corrected chi connectivity index (χ2v) is 6.32. The smallest absolute Gasteiger partial charge is 0.410 e. The van der Waals surface area contributed by atoms with E-state index in [-0.39, 0.29) is 18.2 Å². The summed E-state index contributed by atoms with van der Waals surface area (Å²) in [5, 5.41) is 9.74. The number of nitrogens with zero attached hydrogens (tertiary/aromatic N) is 3. The van der Waals surface area contributed by atoms with Gasteiger partial charge in [-0.2, -0.15) is 0 Å². The Balaban J connectivity index is 1.99. The van der Waals surface area contributed by atoms with Gasteiger partial charge in [-0.15, -0.1) is 0 Å². The molecule has 0 radical (unpaired) electrons. The van der Waals surface area contributed by atoms with Crippen LogP contribution < -0.4 is 0 Å². The first-order valence-electron chi connectivity index (χ1n) is 6.94. The van der Waals surface area contributed by atoms with Crippen LogP contribution in [-0.4, -0.2) is 50.9 Å². The minimum absolute atomic E-state index is 0.0471. The van der Waals surface area contributed by atoms with Crippen LogP contribution in [0.4, 0.5) is 4.79 Å². The number of carbonyl (C=O) groups excluding carboxylic acids is 1. The third-order valence-electron chi connectivity index (χ3n) is 3.69. The lowest BCUT2D eigenvalue weighted by Crippen LogP contribution is -2.50. The van der Waals surface area contributed by atoms with Crippen LogP contribution >= 0.6 is 0 Å². The lowest BCUT2D eigenvalue weighted by molar-refractivity contribution is 0.00271. The minimum atomic E-state index is -0.479. The first-order valence-corrected chi connectivity index (χ1v) is 6.94. The standard InChI is InChI=1S/C14H23N3O3/c1-13(2,3)20-12(19)16-7-4-14(10-18,5-8-16)17-9-6-15-11-17/h6,9,11,18H,4-5,7-8,10H2,1-3H3. The van der Waals surface area contributed by atoms with Crippen molar-refractivity contribution in [1.29, 1.82) is 0 Å². The number of likely N-dealkylation sites (tertiary alicyclic amines) is 1. The molecule has 2 heterocycles. The molecule has 1 aromatic rings. The number of carbonyl (C=O) groups is 1. The van der Waals surface area contributed by atoms with Gasteiger partial charge in [-0.05, 0) is 33.6 Å². The number of rotatable bonds is 2. The highest BCUT2D eigenvalue weighted by Crippen LogP contribution is 2.30. The quantitative estimate of drug-likeness (QED) is 0.894. The molecule has 1 N–H and O–H groups in total. The Kier molecular flexibility index (Phi) is 4.04. The Morgan fingerprint density at radius 2 is 2.05 bits per heavy atom. The molecule has 1 amide bonds. The maximum atomic E-state index is 12.0. The number of ether oxygens (including phenoxy) is 1. The number of piperidine rings is 1. The van der Waals surface area contributed by atoms with Crippen molar-refractivity contribution >= 4 is 6.09 Å². The van der Waals surface area contributed by atoms with Crippen molar-refractivity contribution in [2.75, 3.05) is 19.7 Å². The molecule has 0 atom stereocenters. The summed E-state index contributed by atoms with van der Waals surface area (Å²) in [5.74, 6) is 0. The molecule has 0 aliphatic carbocycles. The molecule has 0 spiro atoms. The van der Waals surface area contributed by atoms with Gasteiger partial charge in [-0.1, -0.05) is 0 Å². The van der Waals surface area contributed by atoms with Gasteiger partial charge in [0.2, 0.25) is 0 Å². The largest absolute Gasteiger partial charge is 0.444 e. The lowest BCUT2D eigenvalue weighted by Gasteiger charge is -2.41. The zero-order valence-corrected chi connectivity index (χ0v) is 12.4. The number of aliphatic hydroxyl groups excluding tert-OH is 1. The summed E-state index contributed by atoms with van der Waals surface area (Å²) in [7, 11) is 0. The molecule has 0 unspecified atom stereocenters. The highest BCUT2D eigenvalue weighted by molar-refractivity contribution is 5.68. The third kappa shape index (κ3) is 3.12. The zero-order valence-electron chi connectivity index (χ0n) is 12.4. The fourth-order valence-electron chi connectivity index (χ4n) is 2.47. The van der Waals surface area contributed by atoms with Gasteiger partial charge < -0.3 is 19.3 Å². The van der Waals surface area contributed by atoms with Crippen molar-refractivity contribution in [1.82, 2.24) is 14.5 Å². The van der Waals surface area contributed by atoms with Gasteiger partial charge in [-0.3, -0.25) is 0 Å². The van der Waals surface area contributed by atoms with Crippen LogP contribution in [0.2, 0.25) is 0 Å². The Morgan fingerprint density at radius 1 is 1.40 bits per heavy atom. The summed E-state index contributed by atoms with van der Waals surface area (Å²) in [5.41, 5.74) is -0.831. The molecular weight excluding hydrogens is 258 g/mol. The summed E-state index contributed by atoms with van der Waals surface area (Å²) >= 11 is 0. The fraction of sp³-hybridized carbons (Fsp3) is 0.714. The van der Waals surface area contributed by atoms with E-state index in [1.54, 1.807) is 17.4 Å². The molecular formula is C14H23N3O3. The fourth-order valence-corrected chi connectivity index (χ4v) is 2.47. The van der Waals surface area contributed by atoms with Crippen LogP contribution in [0.25, 0.3) is 0 Å². The first-order chi connectivity index (χ1) is 9.36. The van der Waals surface area contributed by atoms with Gasteiger partial charge in [0.25, 0.3) is 0 Å². The normalized spacial score (nSPS) is 18.9. The van der Waals surface area contributed by atoms with E-state index in [0.717, 1.165) is 0 Å². The van der Waals surface area contributed by atoms with Crippen molar-refractivity contribution in [3.8, 4) is 0 Å². The van der Waals surface area contributed by atoms with Crippen molar-refractivity contribution in [3.63, 3.8) is 0 Å². The van der Waals surface area contributed by atoms with E-state index < -0.39 is 5.60 Å². The van der Waals surface area contributed by atoms with E-state index in [1.165, 1.54) is 0 Å². The van der Waals surface area contributed by atoms with E-state index in [1.807, 2.05) is 31.5 Å². The minimum Gasteiger partial charge on any atom is -0.444 e. The lowest BCUT2D eigenvalue weighted by atomic mass is 9.88. The van der Waals surface area contributed by atoms with Crippen LogP contribution in [0.3, 0.4) is 0 Å². The van der Waals surface area contributed by atoms with E-state index in [0.29, 0.717) is 25.9 Å². The van der Waals surface area contributed by atoms with Gasteiger partial charge in [0.1, 0.15) is 5.60 Å². The second-order valence-electron chi connectivity index (χ2n) is 6.32. The molecule has 1 saturated heterocycles.